The van der Waals surface area contributed by atoms with Crippen LogP contribution in [0.25, 0.3) is 0 Å². The van der Waals surface area contributed by atoms with Crippen molar-refractivity contribution in [1.82, 2.24) is 0 Å². The number of esters is 1. The summed E-state index contributed by atoms with van der Waals surface area (Å²) in [6.07, 6.45) is 5.37. The van der Waals surface area contributed by atoms with Gasteiger partial charge in [0.05, 0.1) is 17.5 Å². The van der Waals surface area contributed by atoms with Crippen LogP contribution < -0.4 is 9.64 Å². The van der Waals surface area contributed by atoms with Crippen LogP contribution in [0.4, 0.5) is 5.69 Å². The van der Waals surface area contributed by atoms with E-state index in [1.165, 1.54) is 4.90 Å². The third kappa shape index (κ3) is 2.03. The number of fused-ring (bicyclic) bond motifs is 5. The van der Waals surface area contributed by atoms with Gasteiger partial charge in [0.1, 0.15) is 5.75 Å². The number of ether oxygens (including phenoxy) is 1. The number of allylic oxidation sites excluding steroid dienone is 2. The van der Waals surface area contributed by atoms with Gasteiger partial charge in [-0.3, -0.25) is 19.3 Å². The second kappa shape index (κ2) is 5.05. The molecule has 1 saturated heterocycles. The van der Waals surface area contributed by atoms with Crippen molar-refractivity contribution in [3.05, 3.63) is 36.4 Å². The predicted molar refractivity (Wildman–Crippen MR) is 82.6 cm³/mol. The van der Waals surface area contributed by atoms with Gasteiger partial charge in [0.15, 0.2) is 0 Å². The molecule has 1 aliphatic heterocycles. The molecule has 0 unspecified atom stereocenters. The summed E-state index contributed by atoms with van der Waals surface area (Å²) >= 11 is 0. The Hall–Kier alpha value is -2.43. The van der Waals surface area contributed by atoms with E-state index in [0.29, 0.717) is 17.9 Å². The highest BCUT2D eigenvalue weighted by Crippen LogP contribution is 2.53. The third-order valence-corrected chi connectivity index (χ3v) is 5.09. The molecule has 0 spiro atoms. The van der Waals surface area contributed by atoms with Crippen molar-refractivity contribution in [3.63, 3.8) is 0 Å². The lowest BCUT2D eigenvalue weighted by Crippen LogP contribution is -2.32. The minimum atomic E-state index is -0.316. The Balaban J connectivity index is 1.58. The van der Waals surface area contributed by atoms with Crippen LogP contribution in [-0.2, 0) is 14.4 Å². The molecule has 4 rings (SSSR count). The van der Waals surface area contributed by atoms with E-state index in [-0.39, 0.29) is 41.5 Å². The van der Waals surface area contributed by atoms with Gasteiger partial charge < -0.3 is 4.74 Å². The van der Waals surface area contributed by atoms with E-state index in [1.54, 1.807) is 31.2 Å². The minimum Gasteiger partial charge on any atom is -0.427 e. The first kappa shape index (κ1) is 14.2. The van der Waals surface area contributed by atoms with Crippen LogP contribution in [0.3, 0.4) is 0 Å². The fourth-order valence-electron chi connectivity index (χ4n) is 4.02. The molecule has 3 aliphatic rings. The van der Waals surface area contributed by atoms with Crippen LogP contribution in [0.5, 0.6) is 5.75 Å². The first-order valence-electron chi connectivity index (χ1n) is 7.97. The Morgan fingerprint density at radius 1 is 1.09 bits per heavy atom. The zero-order valence-electron chi connectivity index (χ0n) is 12.8. The quantitative estimate of drug-likeness (QED) is 0.372. The van der Waals surface area contributed by atoms with Crippen molar-refractivity contribution >= 4 is 23.5 Å². The van der Waals surface area contributed by atoms with Gasteiger partial charge in [-0.25, -0.2) is 0 Å². The third-order valence-electron chi connectivity index (χ3n) is 5.09. The van der Waals surface area contributed by atoms with E-state index in [0.717, 1.165) is 6.42 Å². The maximum atomic E-state index is 12.7. The van der Waals surface area contributed by atoms with Crippen molar-refractivity contribution < 1.29 is 19.1 Å². The number of hydrogen-bond acceptors (Lipinski definition) is 4. The largest absolute Gasteiger partial charge is 0.427 e. The van der Waals surface area contributed by atoms with Crippen molar-refractivity contribution in [1.29, 1.82) is 0 Å². The Kier molecular flexibility index (Phi) is 3.11. The molecule has 2 aliphatic carbocycles. The smallest absolute Gasteiger partial charge is 0.310 e. The summed E-state index contributed by atoms with van der Waals surface area (Å²) < 4.78 is 5.12. The average molecular weight is 311 g/mol. The highest BCUT2D eigenvalue weighted by molar-refractivity contribution is 6.22. The number of carbonyl (C=O) groups is 3. The van der Waals surface area contributed by atoms with Crippen molar-refractivity contribution in [3.8, 4) is 5.75 Å². The monoisotopic (exact) mass is 311 g/mol. The van der Waals surface area contributed by atoms with E-state index in [1.807, 2.05) is 0 Å². The van der Waals surface area contributed by atoms with Gasteiger partial charge in [-0.1, -0.05) is 19.1 Å². The second-order valence-corrected chi connectivity index (χ2v) is 6.33. The number of amides is 2. The molecule has 1 heterocycles. The molecule has 1 aromatic rings. The fraction of sp³-hybridized carbons (Fsp3) is 0.389. The van der Waals surface area contributed by atoms with Crippen LogP contribution in [0.2, 0.25) is 0 Å². The van der Waals surface area contributed by atoms with Gasteiger partial charge in [-0.15, -0.1) is 0 Å². The predicted octanol–water partition coefficient (Wildman–Crippen LogP) is 2.31. The molecule has 0 N–H and O–H groups in total. The number of nitrogens with zero attached hydrogens (tertiary/aromatic N) is 1. The Bertz CT molecular complexity index is 691. The normalized spacial score (nSPS) is 30.9. The van der Waals surface area contributed by atoms with E-state index in [4.69, 9.17) is 4.74 Å². The number of anilines is 1. The average Bonchev–Trinajstić information content (AvgIpc) is 3.23. The molecule has 5 nitrogen and oxygen atoms in total. The summed E-state index contributed by atoms with van der Waals surface area (Å²) in [7, 11) is 0. The summed E-state index contributed by atoms with van der Waals surface area (Å²) in [4.78, 5) is 38.0. The first-order chi connectivity index (χ1) is 11.1. The number of benzene rings is 1. The summed E-state index contributed by atoms with van der Waals surface area (Å²) in [5.74, 6) is -0.0900. The van der Waals surface area contributed by atoms with E-state index >= 15 is 0 Å². The lowest BCUT2D eigenvalue weighted by atomic mass is 9.85. The molecule has 1 aromatic carbocycles. The molecule has 0 aromatic heterocycles. The van der Waals surface area contributed by atoms with Crippen LogP contribution >= 0.6 is 0 Å². The summed E-state index contributed by atoms with van der Waals surface area (Å²) in [6, 6.07) is 6.55. The molecule has 4 atom stereocenters. The van der Waals surface area contributed by atoms with Gasteiger partial charge >= 0.3 is 5.97 Å². The van der Waals surface area contributed by atoms with Crippen LogP contribution in [-0.4, -0.2) is 17.8 Å². The fourth-order valence-corrected chi connectivity index (χ4v) is 4.02. The Labute approximate surface area is 133 Å². The number of rotatable bonds is 3. The summed E-state index contributed by atoms with van der Waals surface area (Å²) in [5, 5.41) is 0. The first-order valence-corrected chi connectivity index (χ1v) is 7.97. The zero-order valence-corrected chi connectivity index (χ0v) is 12.8. The van der Waals surface area contributed by atoms with Crippen LogP contribution in [0.1, 0.15) is 19.8 Å². The maximum absolute atomic E-state index is 12.7. The highest BCUT2D eigenvalue weighted by atomic mass is 16.5. The van der Waals surface area contributed by atoms with Gasteiger partial charge in [0, 0.05) is 6.42 Å². The number of hydrogen-bond donors (Lipinski definition) is 0. The van der Waals surface area contributed by atoms with Gasteiger partial charge in [-0.05, 0) is 42.5 Å². The molecule has 0 radical (unpaired) electrons. The molecule has 2 amide bonds. The minimum absolute atomic E-state index is 0.102. The van der Waals surface area contributed by atoms with Crippen molar-refractivity contribution in [2.45, 2.75) is 19.8 Å². The summed E-state index contributed by atoms with van der Waals surface area (Å²) in [5.41, 5.74) is 0.546. The maximum Gasteiger partial charge on any atom is 0.310 e. The van der Waals surface area contributed by atoms with Gasteiger partial charge in [0.2, 0.25) is 11.8 Å². The standard InChI is InChI=1S/C18H17NO4/c1-2-14(20)23-13-7-5-12(6-8-13)19-17(21)15-10-3-4-11(9-10)16(15)18(19)22/h3-8,10-11,15-16H,2,9H2,1H3/t10-,11-,15+,16+/m0/s1. The number of carbonyl (C=O) groups excluding carboxylic acids is 3. The SMILES string of the molecule is CCC(=O)Oc1ccc(N2C(=O)[C@H]3[C@H](C2=O)[C@H]2C=C[C@H]3C2)cc1. The molecule has 23 heavy (non-hydrogen) atoms. The van der Waals surface area contributed by atoms with Gasteiger partial charge in [0.25, 0.3) is 0 Å². The molecular formula is C18H17NO4. The Morgan fingerprint density at radius 2 is 1.65 bits per heavy atom. The van der Waals surface area contributed by atoms with E-state index in [9.17, 15) is 14.4 Å². The highest BCUT2D eigenvalue weighted by Gasteiger charge is 2.59. The Morgan fingerprint density at radius 3 is 2.17 bits per heavy atom. The lowest BCUT2D eigenvalue weighted by molar-refractivity contribution is -0.134. The van der Waals surface area contributed by atoms with Crippen molar-refractivity contribution in [2.75, 3.05) is 4.90 Å². The van der Waals surface area contributed by atoms with Crippen LogP contribution in [0.15, 0.2) is 36.4 Å². The van der Waals surface area contributed by atoms with E-state index in [2.05, 4.69) is 12.2 Å². The number of imide groups is 1. The van der Waals surface area contributed by atoms with Crippen LogP contribution in [0, 0.1) is 23.7 Å². The van der Waals surface area contributed by atoms with Gasteiger partial charge in [-0.2, -0.15) is 0 Å². The van der Waals surface area contributed by atoms with E-state index < -0.39 is 0 Å². The van der Waals surface area contributed by atoms with Crippen molar-refractivity contribution in [2.24, 2.45) is 23.7 Å². The molecule has 2 bridgehead atoms. The molecule has 118 valence electrons. The lowest BCUT2D eigenvalue weighted by Gasteiger charge is -2.17. The topological polar surface area (TPSA) is 63.7 Å². The molecule has 1 saturated carbocycles. The molecular weight excluding hydrogens is 294 g/mol. The zero-order chi connectivity index (χ0) is 16.1. The molecule has 2 fully saturated rings. The second-order valence-electron chi connectivity index (χ2n) is 6.33. The molecule has 5 heteroatoms. The summed E-state index contributed by atoms with van der Waals surface area (Å²) in [6.45, 7) is 1.72.